The van der Waals surface area contributed by atoms with Crippen molar-refractivity contribution in [1.29, 1.82) is 0 Å². The van der Waals surface area contributed by atoms with Crippen LogP contribution >= 0.6 is 0 Å². The highest BCUT2D eigenvalue weighted by Gasteiger charge is 2.25. The highest BCUT2D eigenvalue weighted by atomic mass is 16.6. The summed E-state index contributed by atoms with van der Waals surface area (Å²) in [7, 11) is 0. The van der Waals surface area contributed by atoms with Crippen LogP contribution in [0.1, 0.15) is 32.4 Å². The van der Waals surface area contributed by atoms with Crippen LogP contribution in [-0.2, 0) is 4.79 Å². The van der Waals surface area contributed by atoms with Crippen molar-refractivity contribution < 1.29 is 14.5 Å². The minimum Gasteiger partial charge on any atom is -0.348 e. The molecule has 2 rings (SSSR count). The Labute approximate surface area is 163 Å². The molecule has 0 heterocycles. The molecule has 2 unspecified atom stereocenters. The molecule has 0 radical (unpaired) electrons. The second kappa shape index (κ2) is 9.50. The van der Waals surface area contributed by atoms with Crippen LogP contribution < -0.4 is 16.0 Å². The normalized spacial score (nSPS) is 12.7. The second-order valence-electron chi connectivity index (χ2n) is 6.77. The van der Waals surface area contributed by atoms with Gasteiger partial charge < -0.3 is 16.0 Å². The molecule has 0 saturated heterocycles. The van der Waals surface area contributed by atoms with Crippen molar-refractivity contribution in [1.82, 2.24) is 10.6 Å². The number of hydrogen-bond donors (Lipinski definition) is 3. The summed E-state index contributed by atoms with van der Waals surface area (Å²) in [5.41, 5.74) is 1.29. The molecule has 0 spiro atoms. The number of nitro groups is 1. The topological polar surface area (TPSA) is 113 Å². The molecule has 3 N–H and O–H groups in total. The van der Waals surface area contributed by atoms with Gasteiger partial charge in [0.15, 0.2) is 0 Å². The van der Waals surface area contributed by atoms with Gasteiger partial charge in [0.1, 0.15) is 6.04 Å². The molecule has 148 valence electrons. The van der Waals surface area contributed by atoms with E-state index in [0.29, 0.717) is 5.69 Å². The van der Waals surface area contributed by atoms with Crippen LogP contribution in [0.4, 0.5) is 16.2 Å². The third-order valence-electron chi connectivity index (χ3n) is 4.23. The lowest BCUT2D eigenvalue weighted by molar-refractivity contribution is -0.384. The third kappa shape index (κ3) is 5.80. The molecule has 0 aliphatic rings. The van der Waals surface area contributed by atoms with Crippen LogP contribution in [0.25, 0.3) is 0 Å². The van der Waals surface area contributed by atoms with Gasteiger partial charge in [0.2, 0.25) is 5.91 Å². The number of benzene rings is 2. The number of amides is 3. The monoisotopic (exact) mass is 384 g/mol. The number of carbonyl (C=O) groups is 2. The van der Waals surface area contributed by atoms with Gasteiger partial charge in [0, 0.05) is 17.8 Å². The summed E-state index contributed by atoms with van der Waals surface area (Å²) in [5, 5.41) is 18.8. The Morgan fingerprint density at radius 2 is 1.54 bits per heavy atom. The van der Waals surface area contributed by atoms with Crippen LogP contribution in [0, 0.1) is 16.0 Å². The Morgan fingerprint density at radius 1 is 0.929 bits per heavy atom. The first kappa shape index (κ1) is 20.9. The van der Waals surface area contributed by atoms with E-state index < -0.39 is 17.0 Å². The van der Waals surface area contributed by atoms with E-state index in [0.717, 1.165) is 5.56 Å². The summed E-state index contributed by atoms with van der Waals surface area (Å²) >= 11 is 0. The summed E-state index contributed by atoms with van der Waals surface area (Å²) in [6.07, 6.45) is 0. The number of nitro benzene ring substituents is 1. The summed E-state index contributed by atoms with van der Waals surface area (Å²) in [6.45, 7) is 5.55. The highest BCUT2D eigenvalue weighted by molar-refractivity contribution is 5.94. The van der Waals surface area contributed by atoms with Crippen molar-refractivity contribution in [2.24, 2.45) is 5.92 Å². The van der Waals surface area contributed by atoms with Crippen LogP contribution in [0.15, 0.2) is 54.6 Å². The van der Waals surface area contributed by atoms with E-state index in [2.05, 4.69) is 16.0 Å². The number of carbonyl (C=O) groups excluding carboxylic acids is 2. The minimum absolute atomic E-state index is 0.0692. The van der Waals surface area contributed by atoms with E-state index in [1.54, 1.807) is 0 Å². The van der Waals surface area contributed by atoms with Crippen molar-refractivity contribution in [3.63, 3.8) is 0 Å². The molecule has 8 heteroatoms. The van der Waals surface area contributed by atoms with Gasteiger partial charge in [-0.1, -0.05) is 44.2 Å². The Balaban J connectivity index is 1.98. The lowest BCUT2D eigenvalue weighted by atomic mass is 10.0. The molecule has 0 saturated carbocycles. The van der Waals surface area contributed by atoms with Crippen LogP contribution in [0.5, 0.6) is 0 Å². The number of urea groups is 1. The van der Waals surface area contributed by atoms with Gasteiger partial charge in [-0.2, -0.15) is 0 Å². The third-order valence-corrected chi connectivity index (χ3v) is 4.23. The molecule has 3 amide bonds. The van der Waals surface area contributed by atoms with Crippen molar-refractivity contribution >= 4 is 23.3 Å². The fourth-order valence-corrected chi connectivity index (χ4v) is 2.64. The standard InChI is InChI=1S/C20H24N4O4/c1-13(2)18(19(25)21-14(3)15-7-5-4-6-8-15)23-20(26)22-16-9-11-17(12-10-16)24(27)28/h4-14,18H,1-3H3,(H,21,25)(H2,22,23,26). The predicted molar refractivity (Wildman–Crippen MR) is 107 cm³/mol. The SMILES string of the molecule is CC(NC(=O)C(NC(=O)Nc1ccc([N+](=O)[O-])cc1)C(C)C)c1ccccc1. The summed E-state index contributed by atoms with van der Waals surface area (Å²) in [4.78, 5) is 35.1. The maximum Gasteiger partial charge on any atom is 0.319 e. The smallest absolute Gasteiger partial charge is 0.319 e. The van der Waals surface area contributed by atoms with E-state index in [-0.39, 0.29) is 23.6 Å². The Morgan fingerprint density at radius 3 is 2.07 bits per heavy atom. The van der Waals surface area contributed by atoms with Gasteiger partial charge in [-0.05, 0) is 30.5 Å². The summed E-state index contributed by atoms with van der Waals surface area (Å²) in [6, 6.07) is 13.5. The van der Waals surface area contributed by atoms with E-state index in [4.69, 9.17) is 0 Å². The molecule has 2 aromatic carbocycles. The van der Waals surface area contributed by atoms with Gasteiger partial charge >= 0.3 is 6.03 Å². The molecule has 2 atom stereocenters. The van der Waals surface area contributed by atoms with Gasteiger partial charge in [0.25, 0.3) is 5.69 Å². The van der Waals surface area contributed by atoms with Crippen molar-refractivity contribution in [2.45, 2.75) is 32.9 Å². The zero-order valence-corrected chi connectivity index (χ0v) is 16.0. The largest absolute Gasteiger partial charge is 0.348 e. The molecule has 0 fully saturated rings. The molecular weight excluding hydrogens is 360 g/mol. The first-order valence-corrected chi connectivity index (χ1v) is 8.95. The van der Waals surface area contributed by atoms with Crippen molar-refractivity contribution in [3.8, 4) is 0 Å². The second-order valence-corrected chi connectivity index (χ2v) is 6.77. The maximum atomic E-state index is 12.6. The fraction of sp³-hybridized carbons (Fsp3) is 0.300. The summed E-state index contributed by atoms with van der Waals surface area (Å²) in [5.74, 6) is -0.421. The maximum absolute atomic E-state index is 12.6. The Hall–Kier alpha value is -3.42. The first-order valence-electron chi connectivity index (χ1n) is 8.95. The lowest BCUT2D eigenvalue weighted by Crippen LogP contribution is -2.51. The fourth-order valence-electron chi connectivity index (χ4n) is 2.64. The number of nitrogens with one attached hydrogen (secondary N) is 3. The molecule has 28 heavy (non-hydrogen) atoms. The molecule has 8 nitrogen and oxygen atoms in total. The van der Waals surface area contributed by atoms with Gasteiger partial charge in [-0.25, -0.2) is 4.79 Å². The quantitative estimate of drug-likeness (QED) is 0.500. The predicted octanol–water partition coefficient (Wildman–Crippen LogP) is 3.62. The number of hydrogen-bond acceptors (Lipinski definition) is 4. The van der Waals surface area contributed by atoms with Crippen LogP contribution in [0.3, 0.4) is 0 Å². The number of nitrogens with zero attached hydrogens (tertiary/aromatic N) is 1. The molecule has 2 aromatic rings. The van der Waals surface area contributed by atoms with Gasteiger partial charge in [-0.15, -0.1) is 0 Å². The Kier molecular flexibility index (Phi) is 7.08. The number of non-ortho nitro benzene ring substituents is 1. The van der Waals surface area contributed by atoms with E-state index in [9.17, 15) is 19.7 Å². The number of rotatable bonds is 7. The van der Waals surface area contributed by atoms with Crippen molar-refractivity contribution in [3.05, 3.63) is 70.3 Å². The average Bonchev–Trinajstić information content (AvgIpc) is 2.66. The van der Waals surface area contributed by atoms with Crippen LogP contribution in [0.2, 0.25) is 0 Å². The molecule has 0 bridgehead atoms. The molecular formula is C20H24N4O4. The van der Waals surface area contributed by atoms with Gasteiger partial charge in [0.05, 0.1) is 11.0 Å². The minimum atomic E-state index is -0.732. The lowest BCUT2D eigenvalue weighted by Gasteiger charge is -2.24. The molecule has 0 aromatic heterocycles. The van der Waals surface area contributed by atoms with E-state index in [1.807, 2.05) is 51.1 Å². The summed E-state index contributed by atoms with van der Waals surface area (Å²) < 4.78 is 0. The first-order chi connectivity index (χ1) is 13.3. The zero-order chi connectivity index (χ0) is 20.7. The zero-order valence-electron chi connectivity index (χ0n) is 16.0. The highest BCUT2D eigenvalue weighted by Crippen LogP contribution is 2.16. The van der Waals surface area contributed by atoms with Crippen LogP contribution in [-0.4, -0.2) is 22.9 Å². The molecule has 0 aliphatic heterocycles. The molecule has 0 aliphatic carbocycles. The van der Waals surface area contributed by atoms with Gasteiger partial charge in [-0.3, -0.25) is 14.9 Å². The van der Waals surface area contributed by atoms with Crippen molar-refractivity contribution in [2.75, 3.05) is 5.32 Å². The van der Waals surface area contributed by atoms with E-state index >= 15 is 0 Å². The Bertz CT molecular complexity index is 822. The average molecular weight is 384 g/mol. The van der Waals surface area contributed by atoms with E-state index in [1.165, 1.54) is 24.3 Å². The number of anilines is 1.